The average molecular weight is 517 g/mol. The van der Waals surface area contributed by atoms with Crippen LogP contribution in [-0.2, 0) is 20.8 Å². The molecule has 4 rings (SSSR count). The summed E-state index contributed by atoms with van der Waals surface area (Å²) < 4.78 is 76.8. The number of aromatic nitrogens is 3. The minimum atomic E-state index is -4.86. The lowest BCUT2D eigenvalue weighted by Crippen LogP contribution is -2.23. The van der Waals surface area contributed by atoms with Crippen LogP contribution in [0, 0.1) is 17.5 Å². The van der Waals surface area contributed by atoms with Gasteiger partial charge < -0.3 is 9.50 Å². The van der Waals surface area contributed by atoms with Crippen molar-refractivity contribution in [2.24, 2.45) is 0 Å². The van der Waals surface area contributed by atoms with E-state index < -0.39 is 55.2 Å². The fraction of sp³-hybridized carbons (Fsp3) is 0.125. The maximum absolute atomic E-state index is 15.9. The van der Waals surface area contributed by atoms with Crippen LogP contribution in [0.5, 0.6) is 0 Å². The smallest absolute Gasteiger partial charge is 0.324 e. The second kappa shape index (κ2) is 9.82. The van der Waals surface area contributed by atoms with Gasteiger partial charge in [-0.3, -0.25) is 9.67 Å². The Balaban J connectivity index is 1.91. The van der Waals surface area contributed by atoms with Gasteiger partial charge in [-0.25, -0.2) is 18.0 Å². The normalized spacial score (nSPS) is 11.4. The molecule has 0 aliphatic carbocycles. The third-order valence-electron chi connectivity index (χ3n) is 5.32. The predicted octanol–water partition coefficient (Wildman–Crippen LogP) is 4.76. The Kier molecular flexibility index (Phi) is 6.80. The summed E-state index contributed by atoms with van der Waals surface area (Å²) in [4.78, 5) is 14.4. The molecule has 2 aromatic heterocycles. The number of halogens is 3. The van der Waals surface area contributed by atoms with E-state index in [1.54, 1.807) is 25.3 Å². The van der Waals surface area contributed by atoms with Crippen molar-refractivity contribution in [2.75, 3.05) is 7.05 Å². The number of benzene rings is 2. The molecule has 0 saturated carbocycles. The Morgan fingerprint density at radius 2 is 1.69 bits per heavy atom. The van der Waals surface area contributed by atoms with Crippen LogP contribution in [0.15, 0.2) is 66.0 Å². The van der Waals surface area contributed by atoms with Gasteiger partial charge in [-0.2, -0.15) is 13.5 Å². The van der Waals surface area contributed by atoms with Crippen LogP contribution in [0.3, 0.4) is 0 Å². The molecule has 0 aliphatic rings. The second-order valence-electron chi connectivity index (χ2n) is 7.46. The minimum absolute atomic E-state index is 0.0213. The first-order valence-electron chi connectivity index (χ1n) is 10.6. The predicted molar refractivity (Wildman–Crippen MR) is 125 cm³/mol. The minimum Gasteiger partial charge on any atom is -0.324 e. The van der Waals surface area contributed by atoms with Crippen molar-refractivity contribution in [2.45, 2.75) is 18.4 Å². The summed E-state index contributed by atoms with van der Waals surface area (Å²) in [5.74, 6) is -3.46. The van der Waals surface area contributed by atoms with E-state index in [1.165, 1.54) is 17.1 Å². The molecule has 0 spiro atoms. The third-order valence-corrected chi connectivity index (χ3v) is 6.54. The Hall–Kier alpha value is -4.19. The zero-order chi connectivity index (χ0) is 26.0. The lowest BCUT2D eigenvalue weighted by molar-refractivity contribution is 0.204. The molecule has 2 heterocycles. The number of rotatable bonds is 6. The van der Waals surface area contributed by atoms with Gasteiger partial charge in [0.2, 0.25) is 0 Å². The van der Waals surface area contributed by atoms with Gasteiger partial charge in [0.25, 0.3) is 0 Å². The molecule has 2 aromatic carbocycles. The highest BCUT2D eigenvalue weighted by molar-refractivity contribution is 7.87. The zero-order valence-electron chi connectivity index (χ0n) is 19.0. The van der Waals surface area contributed by atoms with Gasteiger partial charge in [-0.1, -0.05) is 12.1 Å². The van der Waals surface area contributed by atoms with E-state index in [0.29, 0.717) is 17.7 Å². The monoisotopic (exact) mass is 516 g/mol. The molecule has 186 valence electrons. The highest BCUT2D eigenvalue weighted by atomic mass is 32.2. The van der Waals surface area contributed by atoms with Crippen molar-refractivity contribution in [1.82, 2.24) is 20.1 Å². The Labute approximate surface area is 204 Å². The third kappa shape index (κ3) is 4.54. The number of nitrogens with one attached hydrogen (secondary N) is 1. The lowest BCUT2D eigenvalue weighted by Gasteiger charge is -2.13. The van der Waals surface area contributed by atoms with Crippen LogP contribution in [0.1, 0.15) is 6.92 Å². The molecule has 0 aliphatic heterocycles. The Bertz CT molecular complexity index is 1560. The molecule has 0 saturated heterocycles. The number of amides is 1. The summed E-state index contributed by atoms with van der Waals surface area (Å²) in [6, 6.07) is 8.38. The molecule has 0 bridgehead atoms. The molecule has 1 amide bonds. The standard InChI is InChI=1S/C24H19F3N4O4S/c1-3-31-13-17(14-9-11-29-12-10-14)23(30-31)20-18(25)8-7-16(22(20)27)15-5-4-6-19(21(15)26)36(33,34)35-24(32)28-2/h4-13H,3H2,1-2H3,(H,28,32). The summed E-state index contributed by atoms with van der Waals surface area (Å²) in [6.45, 7) is 2.22. The number of nitrogens with zero attached hydrogens (tertiary/aromatic N) is 3. The van der Waals surface area contributed by atoms with E-state index in [0.717, 1.165) is 37.4 Å². The van der Waals surface area contributed by atoms with Crippen molar-refractivity contribution < 1.29 is 30.6 Å². The number of hydrogen-bond donors (Lipinski definition) is 1. The van der Waals surface area contributed by atoms with E-state index in [2.05, 4.69) is 14.3 Å². The molecule has 0 atom stereocenters. The first-order chi connectivity index (χ1) is 17.2. The summed E-state index contributed by atoms with van der Waals surface area (Å²) in [5.41, 5.74) is -0.393. The fourth-order valence-electron chi connectivity index (χ4n) is 3.59. The van der Waals surface area contributed by atoms with Crippen molar-refractivity contribution >= 4 is 16.2 Å². The Morgan fingerprint density at radius 1 is 1.00 bits per heavy atom. The first kappa shape index (κ1) is 24.9. The largest absolute Gasteiger partial charge is 0.422 e. The highest BCUT2D eigenvalue weighted by Crippen LogP contribution is 2.39. The number of aryl methyl sites for hydroxylation is 1. The zero-order valence-corrected chi connectivity index (χ0v) is 19.8. The number of carbonyl (C=O) groups is 1. The van der Waals surface area contributed by atoms with E-state index >= 15 is 13.2 Å². The Morgan fingerprint density at radius 3 is 2.36 bits per heavy atom. The summed E-state index contributed by atoms with van der Waals surface area (Å²) in [5, 5.41) is 6.26. The van der Waals surface area contributed by atoms with Crippen LogP contribution in [0.25, 0.3) is 33.5 Å². The molecule has 1 N–H and O–H groups in total. The van der Waals surface area contributed by atoms with Crippen LogP contribution in [-0.4, -0.2) is 36.3 Å². The van der Waals surface area contributed by atoms with Gasteiger partial charge in [0.05, 0.1) is 5.56 Å². The molecule has 0 fully saturated rings. The lowest BCUT2D eigenvalue weighted by atomic mass is 9.96. The molecule has 0 radical (unpaired) electrons. The molecular weight excluding hydrogens is 497 g/mol. The van der Waals surface area contributed by atoms with Gasteiger partial charge in [-0.15, -0.1) is 0 Å². The second-order valence-corrected chi connectivity index (χ2v) is 8.97. The number of hydrogen-bond acceptors (Lipinski definition) is 6. The van der Waals surface area contributed by atoms with Crippen LogP contribution in [0.2, 0.25) is 0 Å². The SMILES string of the molecule is CCn1cc(-c2ccncc2)c(-c2c(F)ccc(-c3cccc(S(=O)(=O)OC(=O)NC)c3F)c2F)n1. The molecular formula is C24H19F3N4O4S. The number of carbonyl (C=O) groups excluding carboxylic acids is 1. The maximum Gasteiger partial charge on any atom is 0.422 e. The topological polar surface area (TPSA) is 103 Å². The average Bonchev–Trinajstić information content (AvgIpc) is 3.29. The van der Waals surface area contributed by atoms with Gasteiger partial charge in [-0.05, 0) is 42.8 Å². The van der Waals surface area contributed by atoms with Crippen molar-refractivity contribution in [3.05, 3.63) is 78.5 Å². The molecule has 12 heteroatoms. The van der Waals surface area contributed by atoms with E-state index in [1.807, 2.05) is 5.32 Å². The van der Waals surface area contributed by atoms with Gasteiger partial charge in [0.1, 0.15) is 22.2 Å². The van der Waals surface area contributed by atoms with Crippen molar-refractivity contribution in [1.29, 1.82) is 0 Å². The van der Waals surface area contributed by atoms with Crippen molar-refractivity contribution in [3.63, 3.8) is 0 Å². The number of pyridine rings is 1. The van der Waals surface area contributed by atoms with Crippen LogP contribution in [0.4, 0.5) is 18.0 Å². The quantitative estimate of drug-likeness (QED) is 0.371. The summed E-state index contributed by atoms with van der Waals surface area (Å²) in [7, 11) is -3.74. The van der Waals surface area contributed by atoms with Crippen LogP contribution < -0.4 is 5.32 Å². The van der Waals surface area contributed by atoms with Gasteiger partial charge in [0.15, 0.2) is 5.82 Å². The van der Waals surface area contributed by atoms with Gasteiger partial charge >= 0.3 is 16.2 Å². The van der Waals surface area contributed by atoms with Crippen LogP contribution >= 0.6 is 0 Å². The molecule has 36 heavy (non-hydrogen) atoms. The highest BCUT2D eigenvalue weighted by Gasteiger charge is 2.28. The molecule has 0 unspecified atom stereocenters. The van der Waals surface area contributed by atoms with E-state index in [9.17, 15) is 13.2 Å². The summed E-state index contributed by atoms with van der Waals surface area (Å²) in [6.07, 6.45) is 3.34. The fourth-order valence-corrected chi connectivity index (χ4v) is 4.53. The molecule has 8 nitrogen and oxygen atoms in total. The molecule has 4 aromatic rings. The summed E-state index contributed by atoms with van der Waals surface area (Å²) >= 11 is 0. The van der Waals surface area contributed by atoms with Gasteiger partial charge in [0, 0.05) is 48.9 Å². The van der Waals surface area contributed by atoms with Crippen molar-refractivity contribution in [3.8, 4) is 33.5 Å². The first-order valence-corrected chi connectivity index (χ1v) is 12.0. The van der Waals surface area contributed by atoms with E-state index in [4.69, 9.17) is 0 Å². The maximum atomic E-state index is 15.9. The van der Waals surface area contributed by atoms with E-state index in [-0.39, 0.29) is 5.69 Å².